The number of aryl methyl sites for hydroxylation is 1. The highest BCUT2D eigenvalue weighted by Crippen LogP contribution is 2.28. The van der Waals surface area contributed by atoms with Crippen LogP contribution in [0.3, 0.4) is 0 Å². The van der Waals surface area contributed by atoms with E-state index in [0.717, 1.165) is 5.56 Å². The van der Waals surface area contributed by atoms with Crippen LogP contribution in [0.1, 0.15) is 12.5 Å². The van der Waals surface area contributed by atoms with Crippen molar-refractivity contribution in [2.24, 2.45) is 5.92 Å². The molecule has 5 nitrogen and oxygen atoms in total. The zero-order valence-corrected chi connectivity index (χ0v) is 14.2. The van der Waals surface area contributed by atoms with Crippen molar-refractivity contribution in [3.05, 3.63) is 23.8 Å². The average Bonchev–Trinajstić information content (AvgIpc) is 2.59. The Hall–Kier alpha value is -0.920. The summed E-state index contributed by atoms with van der Waals surface area (Å²) in [6, 6.07) is 5.11. The van der Waals surface area contributed by atoms with Gasteiger partial charge in [-0.15, -0.1) is 0 Å². The van der Waals surface area contributed by atoms with Gasteiger partial charge in [-0.2, -0.15) is 4.31 Å². The van der Waals surface area contributed by atoms with Crippen LogP contribution in [0.2, 0.25) is 0 Å². The van der Waals surface area contributed by atoms with Crippen molar-refractivity contribution in [3.8, 4) is 5.75 Å². The first-order valence-electron chi connectivity index (χ1n) is 6.84. The van der Waals surface area contributed by atoms with E-state index in [2.05, 4.69) is 0 Å². The maximum Gasteiger partial charge on any atom is 0.246 e. The Morgan fingerprint density at radius 3 is 2.76 bits per heavy atom. The molecule has 1 aliphatic rings. The first kappa shape index (κ1) is 16.5. The predicted octanol–water partition coefficient (Wildman–Crippen LogP) is 1.39. The van der Waals surface area contributed by atoms with Gasteiger partial charge in [0.2, 0.25) is 10.0 Å². The number of methoxy groups -OCH3 is 1. The molecule has 7 heteroatoms. The van der Waals surface area contributed by atoms with Crippen LogP contribution in [0.15, 0.2) is 23.1 Å². The molecule has 118 valence electrons. The highest BCUT2D eigenvalue weighted by molar-refractivity contribution is 7.89. The van der Waals surface area contributed by atoms with Crippen LogP contribution in [0.4, 0.5) is 0 Å². The van der Waals surface area contributed by atoms with Crippen LogP contribution >= 0.6 is 0 Å². The molecule has 1 fully saturated rings. The molecular weight excluding hydrogens is 310 g/mol. The van der Waals surface area contributed by atoms with Crippen molar-refractivity contribution in [1.82, 2.24) is 4.31 Å². The average molecular weight is 331 g/mol. The first-order chi connectivity index (χ1) is 9.84. The van der Waals surface area contributed by atoms with E-state index < -0.39 is 20.8 Å². The van der Waals surface area contributed by atoms with E-state index >= 15 is 0 Å². The molecule has 21 heavy (non-hydrogen) atoms. The summed E-state index contributed by atoms with van der Waals surface area (Å²) in [4.78, 5) is 0.185. The van der Waals surface area contributed by atoms with Gasteiger partial charge in [-0.3, -0.25) is 4.21 Å². The maximum atomic E-state index is 12.9. The molecule has 1 aromatic rings. The van der Waals surface area contributed by atoms with Gasteiger partial charge in [-0.05, 0) is 30.5 Å². The van der Waals surface area contributed by atoms with Crippen LogP contribution in [-0.4, -0.2) is 48.6 Å². The van der Waals surface area contributed by atoms with E-state index in [9.17, 15) is 12.6 Å². The largest absolute Gasteiger partial charge is 0.495 e. The fourth-order valence-corrected chi connectivity index (χ4v) is 5.69. The lowest BCUT2D eigenvalue weighted by Crippen LogP contribution is -2.35. The van der Waals surface area contributed by atoms with E-state index in [1.54, 1.807) is 12.1 Å². The summed E-state index contributed by atoms with van der Waals surface area (Å²) in [5, 5.41) is 0. The minimum Gasteiger partial charge on any atom is -0.495 e. The molecule has 2 unspecified atom stereocenters. The maximum absolute atomic E-state index is 12.9. The highest BCUT2D eigenvalue weighted by Gasteiger charge is 2.31. The zero-order chi connectivity index (χ0) is 15.6. The van der Waals surface area contributed by atoms with Crippen molar-refractivity contribution < 1.29 is 17.4 Å². The quantitative estimate of drug-likeness (QED) is 0.840. The lowest BCUT2D eigenvalue weighted by atomic mass is 10.2. The van der Waals surface area contributed by atoms with Gasteiger partial charge in [0.15, 0.2) is 0 Å². The number of ether oxygens (including phenoxy) is 1. The van der Waals surface area contributed by atoms with Gasteiger partial charge >= 0.3 is 0 Å². The van der Waals surface area contributed by atoms with Gasteiger partial charge in [-0.1, -0.05) is 13.0 Å². The van der Waals surface area contributed by atoms with E-state index in [1.165, 1.54) is 11.4 Å². The lowest BCUT2D eigenvalue weighted by molar-refractivity contribution is 0.379. The summed E-state index contributed by atoms with van der Waals surface area (Å²) in [5.74, 6) is 1.37. The Morgan fingerprint density at radius 2 is 2.10 bits per heavy atom. The molecule has 0 spiro atoms. The van der Waals surface area contributed by atoms with Gasteiger partial charge in [0.05, 0.1) is 7.11 Å². The molecule has 1 heterocycles. The van der Waals surface area contributed by atoms with Crippen molar-refractivity contribution in [3.63, 3.8) is 0 Å². The topological polar surface area (TPSA) is 63.7 Å². The van der Waals surface area contributed by atoms with E-state index in [-0.39, 0.29) is 17.4 Å². The van der Waals surface area contributed by atoms with Crippen molar-refractivity contribution >= 4 is 20.8 Å². The van der Waals surface area contributed by atoms with Crippen molar-refractivity contribution in [1.29, 1.82) is 0 Å². The Balaban J connectivity index is 2.41. The first-order valence-corrected chi connectivity index (χ1v) is 9.77. The molecule has 0 radical (unpaired) electrons. The highest BCUT2D eigenvalue weighted by atomic mass is 32.2. The number of nitrogens with zero attached hydrogens (tertiary/aromatic N) is 1. The number of rotatable bonds is 3. The monoisotopic (exact) mass is 331 g/mol. The molecule has 0 bridgehead atoms. The number of sulfonamides is 1. The molecule has 0 amide bonds. The Bertz CT molecular complexity index is 642. The molecule has 0 aromatic heterocycles. The second kappa shape index (κ2) is 6.46. The Labute approximate surface area is 128 Å². The van der Waals surface area contributed by atoms with Crippen molar-refractivity contribution in [2.45, 2.75) is 18.7 Å². The second-order valence-corrected chi connectivity index (χ2v) is 8.96. The third-order valence-corrected chi connectivity index (χ3v) is 6.96. The summed E-state index contributed by atoms with van der Waals surface area (Å²) in [5.41, 5.74) is 0.862. The molecule has 0 saturated carbocycles. The molecule has 1 aliphatic heterocycles. The van der Waals surface area contributed by atoms with Crippen LogP contribution < -0.4 is 4.74 Å². The number of hydrogen-bond donors (Lipinski definition) is 0. The number of hydrogen-bond acceptors (Lipinski definition) is 4. The second-order valence-electron chi connectivity index (χ2n) is 5.43. The Morgan fingerprint density at radius 1 is 1.38 bits per heavy atom. The van der Waals surface area contributed by atoms with Gasteiger partial charge in [0.1, 0.15) is 10.6 Å². The van der Waals surface area contributed by atoms with Crippen LogP contribution in [-0.2, 0) is 20.8 Å². The summed E-state index contributed by atoms with van der Waals surface area (Å²) in [7, 11) is -3.12. The predicted molar refractivity (Wildman–Crippen MR) is 83.5 cm³/mol. The minimum atomic E-state index is -3.63. The van der Waals surface area contributed by atoms with Gasteiger partial charge in [0, 0.05) is 35.4 Å². The van der Waals surface area contributed by atoms with Crippen molar-refractivity contribution in [2.75, 3.05) is 31.7 Å². The van der Waals surface area contributed by atoms with E-state index in [4.69, 9.17) is 4.74 Å². The van der Waals surface area contributed by atoms with E-state index in [0.29, 0.717) is 23.8 Å². The molecule has 1 aromatic carbocycles. The Kier molecular flexibility index (Phi) is 5.06. The van der Waals surface area contributed by atoms with Gasteiger partial charge in [-0.25, -0.2) is 8.42 Å². The van der Waals surface area contributed by atoms with Crippen LogP contribution in [0.5, 0.6) is 5.75 Å². The molecular formula is C14H21NO4S2. The molecule has 1 saturated heterocycles. The third kappa shape index (κ3) is 3.64. The standard InChI is InChI=1S/C14H21NO4S2/c1-11-4-5-13(19-3)14(8-11)21(17,18)15-6-7-20(16)10-12(2)9-15/h4-5,8,12H,6-7,9-10H2,1-3H3. The smallest absolute Gasteiger partial charge is 0.246 e. The zero-order valence-electron chi connectivity index (χ0n) is 12.5. The molecule has 0 aliphatic carbocycles. The fourth-order valence-electron chi connectivity index (χ4n) is 2.44. The third-order valence-electron chi connectivity index (χ3n) is 3.49. The summed E-state index contributed by atoms with van der Waals surface area (Å²) >= 11 is 0. The summed E-state index contributed by atoms with van der Waals surface area (Å²) in [6.07, 6.45) is 0. The summed E-state index contributed by atoms with van der Waals surface area (Å²) in [6.45, 7) is 4.46. The lowest BCUT2D eigenvalue weighted by Gasteiger charge is -2.23. The van der Waals surface area contributed by atoms with Gasteiger partial charge < -0.3 is 4.74 Å². The number of benzene rings is 1. The van der Waals surface area contributed by atoms with Crippen LogP contribution in [0, 0.1) is 12.8 Å². The molecule has 0 N–H and O–H groups in total. The minimum absolute atomic E-state index is 0.0823. The fraction of sp³-hybridized carbons (Fsp3) is 0.571. The molecule has 2 atom stereocenters. The SMILES string of the molecule is COc1ccc(C)cc1S(=O)(=O)N1CCS(=O)CC(C)C1. The van der Waals surface area contributed by atoms with E-state index in [1.807, 2.05) is 19.9 Å². The van der Waals surface area contributed by atoms with Crippen LogP contribution in [0.25, 0.3) is 0 Å². The van der Waals surface area contributed by atoms with Gasteiger partial charge in [0.25, 0.3) is 0 Å². The summed E-state index contributed by atoms with van der Waals surface area (Å²) < 4.78 is 44.1. The normalized spacial score (nSPS) is 24.5. The molecule has 2 rings (SSSR count).